The first-order valence-electron chi connectivity index (χ1n) is 5.81. The standard InChI is InChI=1S/C11H18N4O2/c1-4-9(5-2)8(3)14-11-12-6-10(7-13-11)15(16)17/h6-9H,4-5H2,1-3H3,(H,12,13,14). The molecule has 1 heterocycles. The maximum Gasteiger partial charge on any atom is 0.305 e. The molecule has 0 aliphatic heterocycles. The van der Waals surface area contributed by atoms with Gasteiger partial charge in [-0.1, -0.05) is 26.7 Å². The minimum atomic E-state index is -0.506. The summed E-state index contributed by atoms with van der Waals surface area (Å²) in [6.45, 7) is 6.36. The van der Waals surface area contributed by atoms with Crippen LogP contribution in [-0.2, 0) is 0 Å². The highest BCUT2D eigenvalue weighted by Crippen LogP contribution is 2.16. The largest absolute Gasteiger partial charge is 0.351 e. The smallest absolute Gasteiger partial charge is 0.305 e. The Kier molecular flexibility index (Phi) is 4.81. The number of hydrogen-bond donors (Lipinski definition) is 1. The molecule has 94 valence electrons. The van der Waals surface area contributed by atoms with Gasteiger partial charge in [0.25, 0.3) is 0 Å². The lowest BCUT2D eigenvalue weighted by atomic mass is 9.96. The molecule has 0 aromatic carbocycles. The van der Waals surface area contributed by atoms with E-state index >= 15 is 0 Å². The van der Waals surface area contributed by atoms with Gasteiger partial charge in [0.2, 0.25) is 5.95 Å². The van der Waals surface area contributed by atoms with Gasteiger partial charge in [0, 0.05) is 6.04 Å². The van der Waals surface area contributed by atoms with Crippen LogP contribution in [0.4, 0.5) is 11.6 Å². The van der Waals surface area contributed by atoms with Crippen molar-refractivity contribution in [3.8, 4) is 0 Å². The van der Waals surface area contributed by atoms with Gasteiger partial charge >= 0.3 is 5.69 Å². The van der Waals surface area contributed by atoms with Crippen molar-refractivity contribution in [3.05, 3.63) is 22.5 Å². The lowest BCUT2D eigenvalue weighted by molar-refractivity contribution is -0.385. The van der Waals surface area contributed by atoms with Crippen LogP contribution in [0.2, 0.25) is 0 Å². The zero-order chi connectivity index (χ0) is 12.8. The summed E-state index contributed by atoms with van der Waals surface area (Å²) in [5.41, 5.74) is -0.0919. The number of nitrogens with one attached hydrogen (secondary N) is 1. The predicted octanol–water partition coefficient (Wildman–Crippen LogP) is 2.62. The van der Waals surface area contributed by atoms with Gasteiger partial charge in [-0.15, -0.1) is 0 Å². The summed E-state index contributed by atoms with van der Waals surface area (Å²) in [6.07, 6.45) is 4.60. The van der Waals surface area contributed by atoms with Crippen molar-refractivity contribution in [1.29, 1.82) is 0 Å². The van der Waals surface area contributed by atoms with E-state index < -0.39 is 4.92 Å². The Bertz CT molecular complexity index is 362. The third-order valence-electron chi connectivity index (χ3n) is 2.96. The summed E-state index contributed by atoms with van der Waals surface area (Å²) in [5, 5.41) is 13.6. The van der Waals surface area contributed by atoms with Gasteiger partial charge in [-0.25, -0.2) is 9.97 Å². The average Bonchev–Trinajstić information content (AvgIpc) is 2.31. The molecule has 1 unspecified atom stereocenters. The van der Waals surface area contributed by atoms with Gasteiger partial charge < -0.3 is 5.32 Å². The third-order valence-corrected chi connectivity index (χ3v) is 2.96. The van der Waals surface area contributed by atoms with Crippen molar-refractivity contribution in [1.82, 2.24) is 9.97 Å². The molecule has 0 radical (unpaired) electrons. The zero-order valence-corrected chi connectivity index (χ0v) is 10.4. The van der Waals surface area contributed by atoms with Crippen LogP contribution in [0.3, 0.4) is 0 Å². The molecule has 0 saturated carbocycles. The van der Waals surface area contributed by atoms with Gasteiger partial charge in [-0.3, -0.25) is 10.1 Å². The molecule has 0 spiro atoms. The highest BCUT2D eigenvalue weighted by atomic mass is 16.6. The quantitative estimate of drug-likeness (QED) is 0.608. The number of nitrogens with zero attached hydrogens (tertiary/aromatic N) is 3. The summed E-state index contributed by atoms with van der Waals surface area (Å²) in [7, 11) is 0. The molecule has 1 aromatic heterocycles. The lowest BCUT2D eigenvalue weighted by Gasteiger charge is -2.22. The Balaban J connectivity index is 2.65. The fraction of sp³-hybridized carbons (Fsp3) is 0.636. The molecule has 0 bridgehead atoms. The summed E-state index contributed by atoms with van der Waals surface area (Å²) < 4.78 is 0. The Morgan fingerprint density at radius 3 is 2.29 bits per heavy atom. The fourth-order valence-corrected chi connectivity index (χ4v) is 1.81. The Morgan fingerprint density at radius 2 is 1.88 bits per heavy atom. The van der Waals surface area contributed by atoms with E-state index in [0.29, 0.717) is 11.9 Å². The summed E-state index contributed by atoms with van der Waals surface area (Å²) in [5.74, 6) is 0.990. The van der Waals surface area contributed by atoms with E-state index in [4.69, 9.17) is 0 Å². The second kappa shape index (κ2) is 6.12. The summed E-state index contributed by atoms with van der Waals surface area (Å²) in [4.78, 5) is 17.8. The third kappa shape index (κ3) is 3.65. The minimum Gasteiger partial charge on any atom is -0.351 e. The zero-order valence-electron chi connectivity index (χ0n) is 10.4. The van der Waals surface area contributed by atoms with Crippen molar-refractivity contribution in [2.24, 2.45) is 5.92 Å². The van der Waals surface area contributed by atoms with Crippen molar-refractivity contribution in [2.75, 3.05) is 5.32 Å². The van der Waals surface area contributed by atoms with E-state index in [1.54, 1.807) is 0 Å². The van der Waals surface area contributed by atoms with Crippen LogP contribution in [0.25, 0.3) is 0 Å². The molecule has 0 saturated heterocycles. The van der Waals surface area contributed by atoms with Crippen LogP contribution in [0.15, 0.2) is 12.4 Å². The first-order valence-corrected chi connectivity index (χ1v) is 5.81. The van der Waals surface area contributed by atoms with Crippen molar-refractivity contribution in [3.63, 3.8) is 0 Å². The van der Waals surface area contributed by atoms with Crippen LogP contribution in [0, 0.1) is 16.0 Å². The molecule has 6 heteroatoms. The van der Waals surface area contributed by atoms with Crippen LogP contribution in [0.5, 0.6) is 0 Å². The van der Waals surface area contributed by atoms with E-state index in [9.17, 15) is 10.1 Å². The average molecular weight is 238 g/mol. The van der Waals surface area contributed by atoms with E-state index in [0.717, 1.165) is 12.8 Å². The van der Waals surface area contributed by atoms with Gasteiger partial charge in [-0.2, -0.15) is 0 Å². The molecule has 0 aliphatic carbocycles. The number of hydrogen-bond acceptors (Lipinski definition) is 5. The Labute approximate surface area is 101 Å². The summed E-state index contributed by atoms with van der Waals surface area (Å²) in [6, 6.07) is 0.256. The number of nitro groups is 1. The molecule has 0 aliphatic rings. The number of aromatic nitrogens is 2. The van der Waals surface area contributed by atoms with Gasteiger partial charge in [-0.05, 0) is 12.8 Å². The maximum atomic E-state index is 10.4. The maximum absolute atomic E-state index is 10.4. The first-order chi connectivity index (χ1) is 8.08. The second-order valence-corrected chi connectivity index (χ2v) is 4.03. The highest BCUT2D eigenvalue weighted by Gasteiger charge is 2.14. The molecule has 1 atom stereocenters. The van der Waals surface area contributed by atoms with Gasteiger partial charge in [0.05, 0.1) is 4.92 Å². The van der Waals surface area contributed by atoms with Crippen LogP contribution < -0.4 is 5.32 Å². The topological polar surface area (TPSA) is 81.0 Å². The van der Waals surface area contributed by atoms with Crippen molar-refractivity contribution in [2.45, 2.75) is 39.7 Å². The number of anilines is 1. The predicted molar refractivity (Wildman–Crippen MR) is 65.8 cm³/mol. The van der Waals surface area contributed by atoms with E-state index in [1.165, 1.54) is 12.4 Å². The van der Waals surface area contributed by atoms with E-state index in [1.807, 2.05) is 0 Å². The highest BCUT2D eigenvalue weighted by molar-refractivity contribution is 5.31. The monoisotopic (exact) mass is 238 g/mol. The van der Waals surface area contributed by atoms with Crippen LogP contribution in [-0.4, -0.2) is 20.9 Å². The molecular formula is C11H18N4O2. The van der Waals surface area contributed by atoms with Crippen LogP contribution in [0.1, 0.15) is 33.6 Å². The molecule has 1 rings (SSSR count). The first kappa shape index (κ1) is 13.3. The molecule has 1 N–H and O–H groups in total. The van der Waals surface area contributed by atoms with E-state index in [-0.39, 0.29) is 11.7 Å². The molecule has 17 heavy (non-hydrogen) atoms. The molecule has 0 fully saturated rings. The minimum absolute atomic E-state index is 0.0919. The Hall–Kier alpha value is -1.72. The molecule has 6 nitrogen and oxygen atoms in total. The molecule has 1 aromatic rings. The second-order valence-electron chi connectivity index (χ2n) is 4.03. The molecule has 0 amide bonds. The normalized spacial score (nSPS) is 12.5. The van der Waals surface area contributed by atoms with E-state index in [2.05, 4.69) is 36.1 Å². The molecular weight excluding hydrogens is 220 g/mol. The van der Waals surface area contributed by atoms with Crippen molar-refractivity contribution >= 4 is 11.6 Å². The van der Waals surface area contributed by atoms with Crippen LogP contribution >= 0.6 is 0 Å². The fourth-order valence-electron chi connectivity index (χ4n) is 1.81. The number of rotatable bonds is 6. The lowest BCUT2D eigenvalue weighted by Crippen LogP contribution is -2.26. The van der Waals surface area contributed by atoms with Gasteiger partial charge in [0.1, 0.15) is 12.4 Å². The van der Waals surface area contributed by atoms with Crippen molar-refractivity contribution < 1.29 is 4.92 Å². The summed E-state index contributed by atoms with van der Waals surface area (Å²) >= 11 is 0. The van der Waals surface area contributed by atoms with Gasteiger partial charge in [0.15, 0.2) is 0 Å². The Morgan fingerprint density at radius 1 is 1.35 bits per heavy atom. The SMILES string of the molecule is CCC(CC)C(C)Nc1ncc([N+](=O)[O-])cn1.